The molecule has 1 aromatic heterocycles. The zero-order valence-corrected chi connectivity index (χ0v) is 14.2. The number of hydrogen-bond donors (Lipinski definition) is 2. The minimum atomic E-state index is -0.178. The second-order valence-corrected chi connectivity index (χ2v) is 5.53. The fourth-order valence-electron chi connectivity index (χ4n) is 2.45. The second kappa shape index (κ2) is 7.53. The molecule has 0 aliphatic carbocycles. The highest BCUT2D eigenvalue weighted by atomic mass is 16.5. The van der Waals surface area contributed by atoms with Crippen molar-refractivity contribution >= 4 is 17.3 Å². The van der Waals surface area contributed by atoms with E-state index in [9.17, 15) is 4.79 Å². The van der Waals surface area contributed by atoms with Crippen LogP contribution in [0.5, 0.6) is 5.75 Å². The minimum Gasteiger partial charge on any atom is -0.495 e. The maximum absolute atomic E-state index is 12.4. The number of aryl methyl sites for hydroxylation is 1. The van der Waals surface area contributed by atoms with Crippen LogP contribution in [-0.2, 0) is 13.6 Å². The average Bonchev–Trinajstić information content (AvgIpc) is 3.06. The van der Waals surface area contributed by atoms with Crippen LogP contribution < -0.4 is 15.4 Å². The molecule has 0 saturated heterocycles. The van der Waals surface area contributed by atoms with E-state index in [1.165, 1.54) is 0 Å². The molecule has 128 valence electrons. The fraction of sp³-hybridized carbons (Fsp3) is 0.158. The van der Waals surface area contributed by atoms with Gasteiger partial charge in [0.1, 0.15) is 5.75 Å². The van der Waals surface area contributed by atoms with E-state index in [0.717, 1.165) is 11.4 Å². The van der Waals surface area contributed by atoms with Crippen LogP contribution in [-0.4, -0.2) is 22.8 Å². The first-order chi connectivity index (χ1) is 12.2. The Kier molecular flexibility index (Phi) is 4.99. The summed E-state index contributed by atoms with van der Waals surface area (Å²) in [5.41, 5.74) is 3.25. The number of carbonyl (C=O) groups excluding carboxylic acids is 1. The zero-order chi connectivity index (χ0) is 17.6. The summed E-state index contributed by atoms with van der Waals surface area (Å²) < 4.78 is 7.07. The Bertz CT molecular complexity index is 856. The molecule has 1 amide bonds. The Balaban J connectivity index is 1.63. The van der Waals surface area contributed by atoms with Crippen molar-refractivity contribution in [3.05, 3.63) is 72.1 Å². The molecule has 3 rings (SSSR count). The largest absolute Gasteiger partial charge is 0.495 e. The number of hydrogen-bond acceptors (Lipinski definition) is 4. The van der Waals surface area contributed by atoms with Crippen LogP contribution in [0.25, 0.3) is 0 Å². The molecule has 6 nitrogen and oxygen atoms in total. The van der Waals surface area contributed by atoms with Crippen LogP contribution >= 0.6 is 0 Å². The number of rotatable bonds is 6. The van der Waals surface area contributed by atoms with E-state index in [2.05, 4.69) is 15.7 Å². The number of nitrogens with zero attached hydrogens (tertiary/aromatic N) is 2. The van der Waals surface area contributed by atoms with E-state index in [0.29, 0.717) is 23.5 Å². The summed E-state index contributed by atoms with van der Waals surface area (Å²) in [5.74, 6) is 0.452. The van der Waals surface area contributed by atoms with Gasteiger partial charge in [0.25, 0.3) is 5.91 Å². The van der Waals surface area contributed by atoms with E-state index in [-0.39, 0.29) is 5.91 Å². The van der Waals surface area contributed by atoms with Crippen molar-refractivity contribution in [2.45, 2.75) is 6.54 Å². The van der Waals surface area contributed by atoms with Gasteiger partial charge in [0.15, 0.2) is 0 Å². The predicted octanol–water partition coefficient (Wildman–Crippen LogP) is 3.29. The molecular weight excluding hydrogens is 316 g/mol. The lowest BCUT2D eigenvalue weighted by molar-refractivity contribution is 0.102. The molecule has 2 N–H and O–H groups in total. The Morgan fingerprint density at radius 2 is 1.88 bits per heavy atom. The van der Waals surface area contributed by atoms with Crippen molar-refractivity contribution in [3.8, 4) is 5.75 Å². The van der Waals surface area contributed by atoms with E-state index >= 15 is 0 Å². The quantitative estimate of drug-likeness (QED) is 0.725. The molecule has 0 unspecified atom stereocenters. The highest BCUT2D eigenvalue weighted by Gasteiger charge is 2.09. The Labute approximate surface area is 146 Å². The van der Waals surface area contributed by atoms with E-state index < -0.39 is 0 Å². The number of carbonyl (C=O) groups is 1. The number of methoxy groups -OCH3 is 1. The third-order valence-corrected chi connectivity index (χ3v) is 3.90. The lowest BCUT2D eigenvalue weighted by atomic mass is 10.2. The van der Waals surface area contributed by atoms with Gasteiger partial charge in [-0.25, -0.2) is 0 Å². The molecule has 0 atom stereocenters. The van der Waals surface area contributed by atoms with E-state index in [1.54, 1.807) is 37.6 Å². The summed E-state index contributed by atoms with van der Waals surface area (Å²) in [5, 5.41) is 10.3. The van der Waals surface area contributed by atoms with Crippen LogP contribution in [0.4, 0.5) is 11.4 Å². The van der Waals surface area contributed by atoms with Gasteiger partial charge in [-0.15, -0.1) is 0 Å². The molecule has 0 saturated carbocycles. The summed E-state index contributed by atoms with van der Waals surface area (Å²) in [4.78, 5) is 12.4. The lowest BCUT2D eigenvalue weighted by Gasteiger charge is -2.11. The van der Waals surface area contributed by atoms with Crippen LogP contribution in [0, 0.1) is 0 Å². The first-order valence-electron chi connectivity index (χ1n) is 7.92. The molecule has 1 heterocycles. The number of ether oxygens (including phenoxy) is 1. The normalized spacial score (nSPS) is 10.3. The van der Waals surface area contributed by atoms with Crippen LogP contribution in [0.3, 0.4) is 0 Å². The summed E-state index contributed by atoms with van der Waals surface area (Å²) in [6, 6.07) is 16.6. The summed E-state index contributed by atoms with van der Waals surface area (Å²) in [7, 11) is 3.48. The van der Waals surface area contributed by atoms with Crippen molar-refractivity contribution in [2.75, 3.05) is 17.7 Å². The van der Waals surface area contributed by atoms with E-state index in [1.807, 2.05) is 42.1 Å². The SMILES string of the molecule is COc1ccccc1NC(=O)c1ccc(NCc2ccnn2C)cc1. The number of anilines is 2. The maximum atomic E-state index is 12.4. The molecule has 0 fully saturated rings. The Morgan fingerprint density at radius 3 is 2.56 bits per heavy atom. The third-order valence-electron chi connectivity index (χ3n) is 3.90. The topological polar surface area (TPSA) is 68.2 Å². The van der Waals surface area contributed by atoms with Gasteiger partial charge in [0, 0.05) is 24.5 Å². The highest BCUT2D eigenvalue weighted by molar-refractivity contribution is 6.05. The van der Waals surface area contributed by atoms with Gasteiger partial charge in [0.2, 0.25) is 0 Å². The van der Waals surface area contributed by atoms with Gasteiger partial charge in [0.05, 0.1) is 25.0 Å². The fourth-order valence-corrected chi connectivity index (χ4v) is 2.45. The number of benzene rings is 2. The van der Waals surface area contributed by atoms with E-state index in [4.69, 9.17) is 4.74 Å². The monoisotopic (exact) mass is 336 g/mol. The molecule has 0 bridgehead atoms. The van der Waals surface area contributed by atoms with Crippen molar-refractivity contribution in [3.63, 3.8) is 0 Å². The number of para-hydroxylation sites is 2. The summed E-state index contributed by atoms with van der Waals surface area (Å²) >= 11 is 0. The first-order valence-corrected chi connectivity index (χ1v) is 7.92. The summed E-state index contributed by atoms with van der Waals surface area (Å²) in [6.07, 6.45) is 1.77. The lowest BCUT2D eigenvalue weighted by Crippen LogP contribution is -2.12. The van der Waals surface area contributed by atoms with Crippen LogP contribution in [0.1, 0.15) is 16.1 Å². The first kappa shape index (κ1) is 16.6. The van der Waals surface area contributed by atoms with Gasteiger partial charge in [-0.2, -0.15) is 5.10 Å². The Morgan fingerprint density at radius 1 is 1.12 bits per heavy atom. The highest BCUT2D eigenvalue weighted by Crippen LogP contribution is 2.23. The van der Waals surface area contributed by atoms with Crippen molar-refractivity contribution in [2.24, 2.45) is 7.05 Å². The van der Waals surface area contributed by atoms with Gasteiger partial charge in [-0.3, -0.25) is 9.48 Å². The van der Waals surface area contributed by atoms with Gasteiger partial charge in [-0.05, 0) is 42.5 Å². The predicted molar refractivity (Wildman–Crippen MR) is 97.9 cm³/mol. The molecule has 0 radical (unpaired) electrons. The number of amides is 1. The Hall–Kier alpha value is -3.28. The molecule has 6 heteroatoms. The van der Waals surface area contributed by atoms with Crippen molar-refractivity contribution < 1.29 is 9.53 Å². The molecular formula is C19H20N4O2. The van der Waals surface area contributed by atoms with Crippen LogP contribution in [0.15, 0.2) is 60.8 Å². The standard InChI is InChI=1S/C19H20N4O2/c1-23-16(11-12-21-23)13-20-15-9-7-14(8-10-15)19(24)22-17-5-3-4-6-18(17)25-2/h3-12,20H,13H2,1-2H3,(H,22,24). The van der Waals surface area contributed by atoms with Gasteiger partial charge in [-0.1, -0.05) is 12.1 Å². The van der Waals surface area contributed by atoms with Gasteiger partial charge >= 0.3 is 0 Å². The van der Waals surface area contributed by atoms with Crippen molar-refractivity contribution in [1.29, 1.82) is 0 Å². The second-order valence-electron chi connectivity index (χ2n) is 5.53. The van der Waals surface area contributed by atoms with Crippen molar-refractivity contribution in [1.82, 2.24) is 9.78 Å². The molecule has 0 spiro atoms. The smallest absolute Gasteiger partial charge is 0.255 e. The third kappa shape index (κ3) is 3.98. The molecule has 2 aromatic carbocycles. The molecule has 0 aliphatic heterocycles. The zero-order valence-electron chi connectivity index (χ0n) is 14.2. The average molecular weight is 336 g/mol. The summed E-state index contributed by atoms with van der Waals surface area (Å²) in [6.45, 7) is 0.670. The van der Waals surface area contributed by atoms with Gasteiger partial charge < -0.3 is 15.4 Å². The molecule has 3 aromatic rings. The van der Waals surface area contributed by atoms with Crippen LogP contribution in [0.2, 0.25) is 0 Å². The minimum absolute atomic E-state index is 0.178. The maximum Gasteiger partial charge on any atom is 0.255 e. The number of nitrogens with one attached hydrogen (secondary N) is 2. The molecule has 0 aliphatic rings. The number of aromatic nitrogens is 2. The molecule has 25 heavy (non-hydrogen) atoms.